The molecule has 21 heavy (non-hydrogen) atoms. The zero-order valence-corrected chi connectivity index (χ0v) is 12.2. The minimum absolute atomic E-state index is 0.0531. The van der Waals surface area contributed by atoms with Crippen LogP contribution in [0.1, 0.15) is 22.2 Å². The van der Waals surface area contributed by atoms with E-state index in [1.807, 2.05) is 24.4 Å². The molecule has 0 bridgehead atoms. The van der Waals surface area contributed by atoms with Gasteiger partial charge in [0.25, 0.3) is 5.69 Å². The number of nitro benzene ring substituents is 1. The number of carboxylic acids is 1. The molecular weight excluding hydrogens is 292 g/mol. The smallest absolute Gasteiger partial charge is 0.338 e. The van der Waals surface area contributed by atoms with Gasteiger partial charge < -0.3 is 10.0 Å². The van der Waals surface area contributed by atoms with Crippen LogP contribution in [0.25, 0.3) is 0 Å². The molecule has 1 heterocycles. The molecule has 0 atom stereocenters. The Morgan fingerprint density at radius 1 is 1.38 bits per heavy atom. The van der Waals surface area contributed by atoms with Crippen molar-refractivity contribution in [1.29, 1.82) is 0 Å². The van der Waals surface area contributed by atoms with Crippen molar-refractivity contribution in [2.45, 2.75) is 13.5 Å². The van der Waals surface area contributed by atoms with E-state index >= 15 is 0 Å². The Morgan fingerprint density at radius 3 is 2.67 bits per heavy atom. The molecule has 6 nitrogen and oxygen atoms in total. The number of hydrogen-bond donors (Lipinski definition) is 1. The fourth-order valence-electron chi connectivity index (χ4n) is 2.12. The first-order chi connectivity index (χ1) is 10.0. The largest absolute Gasteiger partial charge is 0.478 e. The van der Waals surface area contributed by atoms with Crippen LogP contribution in [0.3, 0.4) is 0 Å². The highest BCUT2D eigenvalue weighted by molar-refractivity contribution is 7.09. The second kappa shape index (κ2) is 6.36. The topological polar surface area (TPSA) is 83.7 Å². The Morgan fingerprint density at radius 2 is 2.14 bits per heavy atom. The van der Waals surface area contributed by atoms with E-state index in [9.17, 15) is 20.0 Å². The van der Waals surface area contributed by atoms with Gasteiger partial charge in [-0.25, -0.2) is 4.79 Å². The maximum Gasteiger partial charge on any atom is 0.338 e. The number of carboxylic acid groups (broad SMARTS) is 1. The minimum atomic E-state index is -1.17. The van der Waals surface area contributed by atoms with Gasteiger partial charge in [0.05, 0.1) is 17.0 Å². The molecule has 1 N–H and O–H groups in total. The number of carbonyl (C=O) groups is 1. The van der Waals surface area contributed by atoms with Crippen molar-refractivity contribution in [3.05, 3.63) is 56.3 Å². The lowest BCUT2D eigenvalue weighted by atomic mass is 10.1. The average molecular weight is 306 g/mol. The van der Waals surface area contributed by atoms with Gasteiger partial charge in [0.2, 0.25) is 0 Å². The lowest BCUT2D eigenvalue weighted by Gasteiger charge is -2.23. The monoisotopic (exact) mass is 306 g/mol. The van der Waals surface area contributed by atoms with Crippen molar-refractivity contribution < 1.29 is 14.8 Å². The van der Waals surface area contributed by atoms with E-state index in [1.54, 1.807) is 4.90 Å². The number of nitro groups is 1. The highest BCUT2D eigenvalue weighted by Crippen LogP contribution is 2.33. The molecule has 1 aromatic carbocycles. The molecule has 2 aromatic rings. The third kappa shape index (κ3) is 3.19. The maximum atomic E-state index is 11.4. The van der Waals surface area contributed by atoms with Gasteiger partial charge in [0, 0.05) is 17.5 Å². The van der Waals surface area contributed by atoms with Gasteiger partial charge in [0.15, 0.2) is 0 Å². The lowest BCUT2D eigenvalue weighted by Crippen LogP contribution is -2.24. The Bertz CT molecular complexity index is 623. The Balaban J connectivity index is 2.52. The molecule has 0 aliphatic heterocycles. The second-order valence-electron chi connectivity index (χ2n) is 4.33. The Labute approximate surface area is 125 Å². The van der Waals surface area contributed by atoms with Crippen LogP contribution < -0.4 is 4.90 Å². The highest BCUT2D eigenvalue weighted by Gasteiger charge is 2.25. The van der Waals surface area contributed by atoms with Crippen molar-refractivity contribution in [1.82, 2.24) is 0 Å². The number of nitrogens with zero attached hydrogens (tertiary/aromatic N) is 2. The Kier molecular flexibility index (Phi) is 4.54. The molecule has 0 saturated heterocycles. The molecule has 7 heteroatoms. The first-order valence-corrected chi connectivity index (χ1v) is 7.20. The van der Waals surface area contributed by atoms with E-state index in [0.29, 0.717) is 13.1 Å². The van der Waals surface area contributed by atoms with Gasteiger partial charge in [-0.05, 0) is 24.4 Å². The van der Waals surface area contributed by atoms with Crippen LogP contribution in [0.2, 0.25) is 0 Å². The number of hydrogen-bond acceptors (Lipinski definition) is 5. The van der Waals surface area contributed by atoms with Crippen LogP contribution in [0.15, 0.2) is 35.7 Å². The summed E-state index contributed by atoms with van der Waals surface area (Å²) in [6.45, 7) is 2.76. The van der Waals surface area contributed by atoms with E-state index in [0.717, 1.165) is 4.88 Å². The van der Waals surface area contributed by atoms with Gasteiger partial charge in [0.1, 0.15) is 5.69 Å². The summed E-state index contributed by atoms with van der Waals surface area (Å²) >= 11 is 1.53. The van der Waals surface area contributed by atoms with Crippen molar-refractivity contribution in [2.75, 3.05) is 11.4 Å². The third-order valence-corrected chi connectivity index (χ3v) is 3.93. The van der Waals surface area contributed by atoms with Gasteiger partial charge in [-0.3, -0.25) is 10.1 Å². The summed E-state index contributed by atoms with van der Waals surface area (Å²) in [4.78, 5) is 24.8. The molecule has 0 amide bonds. The molecule has 0 saturated carbocycles. The summed E-state index contributed by atoms with van der Waals surface area (Å²) in [5, 5.41) is 22.4. The van der Waals surface area contributed by atoms with Gasteiger partial charge in [-0.1, -0.05) is 12.1 Å². The summed E-state index contributed by atoms with van der Waals surface area (Å²) in [5.41, 5.74) is -0.0817. The van der Waals surface area contributed by atoms with E-state index < -0.39 is 10.9 Å². The summed E-state index contributed by atoms with van der Waals surface area (Å²) in [6.07, 6.45) is 0. The van der Waals surface area contributed by atoms with Crippen molar-refractivity contribution >= 4 is 28.7 Å². The predicted molar refractivity (Wildman–Crippen MR) is 81.1 cm³/mol. The summed E-state index contributed by atoms with van der Waals surface area (Å²) < 4.78 is 0. The number of rotatable bonds is 6. The van der Waals surface area contributed by atoms with Gasteiger partial charge in [-0.15, -0.1) is 11.3 Å². The van der Waals surface area contributed by atoms with Crippen molar-refractivity contribution in [3.63, 3.8) is 0 Å². The van der Waals surface area contributed by atoms with E-state index in [1.165, 1.54) is 29.5 Å². The predicted octanol–water partition coefficient (Wildman–Crippen LogP) is 3.38. The van der Waals surface area contributed by atoms with E-state index in [2.05, 4.69) is 0 Å². The van der Waals surface area contributed by atoms with Crippen LogP contribution in [0, 0.1) is 10.1 Å². The quantitative estimate of drug-likeness (QED) is 0.653. The average Bonchev–Trinajstić information content (AvgIpc) is 2.96. The molecule has 110 valence electrons. The Hall–Kier alpha value is -2.41. The van der Waals surface area contributed by atoms with Crippen LogP contribution >= 0.6 is 11.3 Å². The molecular formula is C14H14N2O4S. The van der Waals surface area contributed by atoms with Gasteiger partial charge in [-0.2, -0.15) is 0 Å². The molecule has 1 aromatic heterocycles. The summed E-state index contributed by atoms with van der Waals surface area (Å²) in [6, 6.07) is 7.93. The normalized spacial score (nSPS) is 10.3. The first kappa shape index (κ1) is 15.0. The fourth-order valence-corrected chi connectivity index (χ4v) is 2.84. The molecule has 0 spiro atoms. The number of anilines is 1. The van der Waals surface area contributed by atoms with Crippen LogP contribution in [-0.4, -0.2) is 22.5 Å². The summed E-state index contributed by atoms with van der Waals surface area (Å²) in [7, 11) is 0. The molecule has 0 radical (unpaired) electrons. The molecule has 0 fully saturated rings. The third-order valence-electron chi connectivity index (χ3n) is 3.07. The SMILES string of the molecule is CCN(Cc1cccs1)c1c(C(=O)O)cccc1[N+](=O)[O-]. The van der Waals surface area contributed by atoms with Crippen LogP contribution in [0.4, 0.5) is 11.4 Å². The zero-order chi connectivity index (χ0) is 15.4. The minimum Gasteiger partial charge on any atom is -0.478 e. The van der Waals surface area contributed by atoms with Crippen LogP contribution in [0.5, 0.6) is 0 Å². The molecule has 0 aliphatic carbocycles. The standard InChI is InChI=1S/C14H14N2O4S/c1-2-15(9-10-5-4-8-21-10)13-11(14(17)18)6-3-7-12(13)16(19)20/h3-8H,2,9H2,1H3,(H,17,18). The number of thiophene rings is 1. The molecule has 0 unspecified atom stereocenters. The molecule has 2 rings (SSSR count). The van der Waals surface area contributed by atoms with Crippen molar-refractivity contribution in [2.24, 2.45) is 0 Å². The maximum absolute atomic E-state index is 11.4. The van der Waals surface area contributed by atoms with E-state index in [4.69, 9.17) is 0 Å². The van der Waals surface area contributed by atoms with Crippen molar-refractivity contribution in [3.8, 4) is 0 Å². The lowest BCUT2D eigenvalue weighted by molar-refractivity contribution is -0.384. The number of benzene rings is 1. The zero-order valence-electron chi connectivity index (χ0n) is 11.4. The van der Waals surface area contributed by atoms with E-state index in [-0.39, 0.29) is 16.9 Å². The molecule has 0 aliphatic rings. The first-order valence-electron chi connectivity index (χ1n) is 6.32. The van der Waals surface area contributed by atoms with Crippen LogP contribution in [-0.2, 0) is 6.54 Å². The van der Waals surface area contributed by atoms with Gasteiger partial charge >= 0.3 is 5.97 Å². The fraction of sp³-hybridized carbons (Fsp3) is 0.214. The highest BCUT2D eigenvalue weighted by atomic mass is 32.1. The summed E-state index contributed by atoms with van der Waals surface area (Å²) in [5.74, 6) is -1.17. The second-order valence-corrected chi connectivity index (χ2v) is 5.36. The number of para-hydroxylation sites is 1. The number of aromatic carboxylic acids is 1.